The largest absolute Gasteiger partial charge is 0.369 e. The third-order valence-corrected chi connectivity index (χ3v) is 5.66. The second kappa shape index (κ2) is 7.19. The van der Waals surface area contributed by atoms with E-state index in [1.807, 2.05) is 19.1 Å². The molecule has 0 unspecified atom stereocenters. The third kappa shape index (κ3) is 3.49. The summed E-state index contributed by atoms with van der Waals surface area (Å²) in [5.74, 6) is -0.0531. The minimum absolute atomic E-state index is 0.139. The molecule has 2 heterocycles. The van der Waals surface area contributed by atoms with Crippen LogP contribution in [0, 0.1) is 6.92 Å². The molecule has 0 bridgehead atoms. The summed E-state index contributed by atoms with van der Waals surface area (Å²) in [7, 11) is 2.14. The highest BCUT2D eigenvalue weighted by Gasteiger charge is 2.26. The van der Waals surface area contributed by atoms with Crippen molar-refractivity contribution in [2.24, 2.45) is 0 Å². The molecule has 6 heteroatoms. The van der Waals surface area contributed by atoms with Crippen molar-refractivity contribution in [2.75, 3.05) is 43.4 Å². The lowest BCUT2D eigenvalue weighted by Gasteiger charge is -2.34. The first-order valence-electron chi connectivity index (χ1n) is 9.62. The first-order chi connectivity index (χ1) is 13.0. The highest BCUT2D eigenvalue weighted by atomic mass is 16.2. The molecule has 1 fully saturated rings. The monoisotopic (exact) mass is 366 g/mol. The summed E-state index contributed by atoms with van der Waals surface area (Å²) in [5.41, 5.74) is 4.82. The van der Waals surface area contributed by atoms with Gasteiger partial charge >= 0.3 is 0 Å². The van der Waals surface area contributed by atoms with Gasteiger partial charge in [-0.05, 0) is 56.6 Å². The first-order valence-corrected chi connectivity index (χ1v) is 9.62. The number of amides is 1. The van der Waals surface area contributed by atoms with Crippen molar-refractivity contribution in [1.29, 1.82) is 0 Å². The van der Waals surface area contributed by atoms with Crippen molar-refractivity contribution in [2.45, 2.75) is 26.2 Å². The molecule has 142 valence electrons. The van der Waals surface area contributed by atoms with E-state index in [0.29, 0.717) is 12.1 Å². The zero-order chi connectivity index (χ0) is 19.0. The van der Waals surface area contributed by atoms with Crippen LogP contribution in [0.3, 0.4) is 0 Å². The molecule has 1 aromatic heterocycles. The van der Waals surface area contributed by atoms with Gasteiger partial charge in [-0.25, -0.2) is 0 Å². The number of aryl methyl sites for hydroxylation is 1. The second-order valence-corrected chi connectivity index (χ2v) is 7.55. The fourth-order valence-electron chi connectivity index (χ4n) is 4.02. The number of aromatic amines is 1. The van der Waals surface area contributed by atoms with Crippen LogP contribution in [-0.4, -0.2) is 54.8 Å². The van der Waals surface area contributed by atoms with Gasteiger partial charge in [-0.3, -0.25) is 9.59 Å². The van der Waals surface area contributed by atoms with Crippen LogP contribution in [0.15, 0.2) is 24.3 Å². The van der Waals surface area contributed by atoms with Crippen molar-refractivity contribution in [3.8, 4) is 0 Å². The number of fused-ring (bicyclic) bond motifs is 1. The minimum Gasteiger partial charge on any atom is -0.369 e. The molecule has 1 saturated heterocycles. The number of carbonyl (C=O) groups excluding carboxylic acids is 2. The normalized spacial score (nSPS) is 17.7. The highest BCUT2D eigenvalue weighted by Crippen LogP contribution is 2.27. The second-order valence-electron chi connectivity index (χ2n) is 7.55. The molecule has 4 rings (SSSR count). The summed E-state index contributed by atoms with van der Waals surface area (Å²) in [6.45, 7) is 6.01. The van der Waals surface area contributed by atoms with Crippen LogP contribution in [-0.2, 0) is 6.42 Å². The summed E-state index contributed by atoms with van der Waals surface area (Å²) in [4.78, 5) is 32.7. The van der Waals surface area contributed by atoms with Gasteiger partial charge in [-0.1, -0.05) is 0 Å². The Kier molecular flexibility index (Phi) is 4.74. The maximum Gasteiger partial charge on any atom is 0.272 e. The molecule has 1 aliphatic heterocycles. The number of piperazine rings is 1. The molecule has 0 radical (unpaired) electrons. The number of H-pyrrole nitrogens is 1. The Morgan fingerprint density at radius 3 is 2.44 bits per heavy atom. The van der Waals surface area contributed by atoms with Crippen LogP contribution >= 0.6 is 0 Å². The van der Waals surface area contributed by atoms with Gasteiger partial charge in [0.1, 0.15) is 5.69 Å². The average Bonchev–Trinajstić information content (AvgIpc) is 3.01. The van der Waals surface area contributed by atoms with Crippen molar-refractivity contribution >= 4 is 23.1 Å². The van der Waals surface area contributed by atoms with Gasteiger partial charge in [0, 0.05) is 55.2 Å². The van der Waals surface area contributed by atoms with Crippen LogP contribution in [0.25, 0.3) is 0 Å². The Hall–Kier alpha value is -2.60. The summed E-state index contributed by atoms with van der Waals surface area (Å²) >= 11 is 0. The lowest BCUT2D eigenvalue weighted by Crippen LogP contribution is -2.44. The molecule has 0 spiro atoms. The molecule has 2 aromatic rings. The Balaban J connectivity index is 1.46. The number of anilines is 2. The zero-order valence-corrected chi connectivity index (χ0v) is 16.0. The zero-order valence-electron chi connectivity index (χ0n) is 16.0. The standard InChI is InChI=1S/C21H26N4O2/c1-14-19-17(4-3-5-18(19)26)23-20(14)21(27)22-15-6-8-16(9-7-15)25-12-10-24(2)11-13-25/h6-9,23H,3-5,10-13H2,1-2H3,(H,22,27). The van der Waals surface area contributed by atoms with Gasteiger partial charge in [0.2, 0.25) is 0 Å². The predicted molar refractivity (Wildman–Crippen MR) is 107 cm³/mol. The number of nitrogens with one attached hydrogen (secondary N) is 2. The van der Waals surface area contributed by atoms with Gasteiger partial charge in [0.25, 0.3) is 5.91 Å². The van der Waals surface area contributed by atoms with Gasteiger partial charge in [-0.2, -0.15) is 0 Å². The Bertz CT molecular complexity index is 861. The molecule has 0 saturated carbocycles. The van der Waals surface area contributed by atoms with E-state index in [1.165, 1.54) is 5.69 Å². The Morgan fingerprint density at radius 1 is 1.07 bits per heavy atom. The quantitative estimate of drug-likeness (QED) is 0.876. The van der Waals surface area contributed by atoms with Crippen LogP contribution in [0.4, 0.5) is 11.4 Å². The number of benzene rings is 1. The molecular weight excluding hydrogens is 340 g/mol. The third-order valence-electron chi connectivity index (χ3n) is 5.66. The number of aromatic nitrogens is 1. The smallest absolute Gasteiger partial charge is 0.272 e. The van der Waals surface area contributed by atoms with Gasteiger partial charge in [-0.15, -0.1) is 0 Å². The number of nitrogens with zero attached hydrogens (tertiary/aromatic N) is 2. The summed E-state index contributed by atoms with van der Waals surface area (Å²) in [6, 6.07) is 7.98. The van der Waals surface area contributed by atoms with Crippen molar-refractivity contribution in [3.63, 3.8) is 0 Å². The molecule has 1 amide bonds. The Morgan fingerprint density at radius 2 is 1.78 bits per heavy atom. The van der Waals surface area contributed by atoms with Crippen LogP contribution < -0.4 is 10.2 Å². The maximum absolute atomic E-state index is 12.7. The van der Waals surface area contributed by atoms with E-state index in [2.05, 4.69) is 39.3 Å². The number of ketones is 1. The lowest BCUT2D eigenvalue weighted by atomic mass is 9.94. The number of Topliss-reactive ketones (excluding diaryl/α,β-unsaturated/α-hetero) is 1. The van der Waals surface area contributed by atoms with E-state index in [0.717, 1.165) is 61.5 Å². The van der Waals surface area contributed by atoms with Gasteiger partial charge in [0.15, 0.2) is 5.78 Å². The summed E-state index contributed by atoms with van der Waals surface area (Å²) in [5, 5.41) is 2.95. The first kappa shape index (κ1) is 17.8. The number of rotatable bonds is 3. The molecular formula is C21H26N4O2. The highest BCUT2D eigenvalue weighted by molar-refractivity contribution is 6.08. The topological polar surface area (TPSA) is 68.4 Å². The molecule has 27 heavy (non-hydrogen) atoms. The van der Waals surface area contributed by atoms with E-state index in [4.69, 9.17) is 0 Å². The van der Waals surface area contributed by atoms with E-state index >= 15 is 0 Å². The SMILES string of the molecule is Cc1c(C(=O)Nc2ccc(N3CCN(C)CC3)cc2)[nH]c2c1C(=O)CCC2. The fourth-order valence-corrected chi connectivity index (χ4v) is 4.02. The van der Waals surface area contributed by atoms with Crippen molar-refractivity contribution in [3.05, 3.63) is 46.8 Å². The number of likely N-dealkylation sites (N-methyl/N-ethyl adjacent to an activating group) is 1. The van der Waals surface area contributed by atoms with Crippen LogP contribution in [0.1, 0.15) is 44.9 Å². The van der Waals surface area contributed by atoms with Crippen LogP contribution in [0.5, 0.6) is 0 Å². The predicted octanol–water partition coefficient (Wildman–Crippen LogP) is 2.85. The molecule has 1 aromatic carbocycles. The Labute approximate surface area is 159 Å². The fraction of sp³-hybridized carbons (Fsp3) is 0.429. The molecule has 0 atom stereocenters. The van der Waals surface area contributed by atoms with E-state index in [9.17, 15) is 9.59 Å². The van der Waals surface area contributed by atoms with E-state index < -0.39 is 0 Å². The van der Waals surface area contributed by atoms with Crippen molar-refractivity contribution in [1.82, 2.24) is 9.88 Å². The molecule has 2 N–H and O–H groups in total. The van der Waals surface area contributed by atoms with Gasteiger partial charge < -0.3 is 20.1 Å². The number of hydrogen-bond acceptors (Lipinski definition) is 4. The van der Waals surface area contributed by atoms with Crippen molar-refractivity contribution < 1.29 is 9.59 Å². The number of carbonyl (C=O) groups is 2. The lowest BCUT2D eigenvalue weighted by molar-refractivity contribution is 0.0971. The average molecular weight is 366 g/mol. The number of hydrogen-bond donors (Lipinski definition) is 2. The molecule has 2 aliphatic rings. The minimum atomic E-state index is -0.193. The summed E-state index contributed by atoms with van der Waals surface area (Å²) in [6.07, 6.45) is 2.25. The molecule has 6 nitrogen and oxygen atoms in total. The summed E-state index contributed by atoms with van der Waals surface area (Å²) < 4.78 is 0. The van der Waals surface area contributed by atoms with Crippen LogP contribution in [0.2, 0.25) is 0 Å². The van der Waals surface area contributed by atoms with E-state index in [-0.39, 0.29) is 11.7 Å². The van der Waals surface area contributed by atoms with E-state index in [1.54, 1.807) is 0 Å². The molecule has 1 aliphatic carbocycles. The van der Waals surface area contributed by atoms with Gasteiger partial charge in [0.05, 0.1) is 0 Å². The maximum atomic E-state index is 12.7.